The number of benzene rings is 8. The van der Waals surface area contributed by atoms with Gasteiger partial charge in [-0.3, -0.25) is 0 Å². The summed E-state index contributed by atoms with van der Waals surface area (Å²) in [7, 11) is 0. The van der Waals surface area contributed by atoms with Crippen molar-refractivity contribution in [1.82, 2.24) is 0 Å². The van der Waals surface area contributed by atoms with Gasteiger partial charge in [0.25, 0.3) is 0 Å². The molecule has 5 saturated carbocycles. The summed E-state index contributed by atoms with van der Waals surface area (Å²) in [6.45, 7) is 9.65. The highest BCUT2D eigenvalue weighted by molar-refractivity contribution is 5.94. The van der Waals surface area contributed by atoms with Gasteiger partial charge in [-0.15, -0.1) is 0 Å². The van der Waals surface area contributed by atoms with Gasteiger partial charge < -0.3 is 9.80 Å². The molecule has 8 aromatic carbocycles. The van der Waals surface area contributed by atoms with E-state index in [4.69, 9.17) is 0 Å². The van der Waals surface area contributed by atoms with E-state index in [1.807, 2.05) is 0 Å². The zero-order valence-corrected chi connectivity index (χ0v) is 42.9. The highest BCUT2D eigenvalue weighted by Crippen LogP contribution is 2.61. The number of anilines is 6. The molecule has 0 aromatic heterocycles. The van der Waals surface area contributed by atoms with Crippen molar-refractivity contribution in [3.8, 4) is 22.3 Å². The molecular formula is C70H70N2. The van der Waals surface area contributed by atoms with Crippen molar-refractivity contribution in [2.24, 2.45) is 29.6 Å². The molecular weight excluding hydrogens is 869 g/mol. The first kappa shape index (κ1) is 45.2. The van der Waals surface area contributed by atoms with Crippen LogP contribution in [-0.4, -0.2) is 0 Å². The number of para-hydroxylation sites is 2. The predicted octanol–water partition coefficient (Wildman–Crippen LogP) is 19.2. The normalized spacial score (nSPS) is 24.5. The molecule has 6 aliphatic carbocycles. The monoisotopic (exact) mass is 939 g/mol. The predicted molar refractivity (Wildman–Crippen MR) is 303 cm³/mol. The van der Waals surface area contributed by atoms with Gasteiger partial charge in [-0.1, -0.05) is 155 Å². The van der Waals surface area contributed by atoms with E-state index in [9.17, 15) is 0 Å². The lowest BCUT2D eigenvalue weighted by Crippen LogP contribution is -2.48. The van der Waals surface area contributed by atoms with Crippen LogP contribution in [0.25, 0.3) is 22.3 Å². The molecule has 8 aromatic rings. The summed E-state index contributed by atoms with van der Waals surface area (Å²) in [6, 6.07) is 76.3. The molecule has 0 radical (unpaired) electrons. The average molecular weight is 939 g/mol. The maximum absolute atomic E-state index is 2.50. The molecule has 72 heavy (non-hydrogen) atoms. The van der Waals surface area contributed by atoms with Crippen molar-refractivity contribution in [1.29, 1.82) is 0 Å². The summed E-state index contributed by atoms with van der Waals surface area (Å²) in [6.07, 6.45) is 13.4. The second kappa shape index (κ2) is 17.8. The van der Waals surface area contributed by atoms with E-state index in [-0.39, 0.29) is 10.8 Å². The summed E-state index contributed by atoms with van der Waals surface area (Å²) in [5.41, 5.74) is 19.8. The number of hydrogen-bond donors (Lipinski definition) is 0. The molecule has 2 nitrogen and oxygen atoms in total. The van der Waals surface area contributed by atoms with Crippen LogP contribution < -0.4 is 9.80 Å². The van der Waals surface area contributed by atoms with Crippen LogP contribution in [0.4, 0.5) is 34.1 Å². The highest BCUT2D eigenvalue weighted by atomic mass is 15.1. The van der Waals surface area contributed by atoms with Crippen LogP contribution in [0.2, 0.25) is 0 Å². The number of fused-ring (bicyclic) bond motifs is 3. The molecule has 5 fully saturated rings. The molecule has 0 atom stereocenters. The van der Waals surface area contributed by atoms with Crippen LogP contribution in [0, 0.1) is 29.6 Å². The third kappa shape index (κ3) is 7.66. The van der Waals surface area contributed by atoms with Crippen LogP contribution in [0.3, 0.4) is 0 Å². The Morgan fingerprint density at radius 3 is 1.36 bits per heavy atom. The smallest absolute Gasteiger partial charge is 0.0465 e. The fourth-order valence-electron chi connectivity index (χ4n) is 15.7. The topological polar surface area (TPSA) is 6.48 Å². The molecule has 0 spiro atoms. The minimum Gasteiger partial charge on any atom is -0.311 e. The van der Waals surface area contributed by atoms with E-state index in [2.05, 4.69) is 238 Å². The van der Waals surface area contributed by atoms with Crippen LogP contribution in [0.5, 0.6) is 0 Å². The van der Waals surface area contributed by atoms with Gasteiger partial charge >= 0.3 is 0 Å². The highest BCUT2D eigenvalue weighted by Gasteiger charge is 2.51. The summed E-state index contributed by atoms with van der Waals surface area (Å²) in [5, 5.41) is 0. The summed E-state index contributed by atoms with van der Waals surface area (Å²) >= 11 is 0. The zero-order valence-electron chi connectivity index (χ0n) is 42.9. The molecule has 0 aliphatic heterocycles. The van der Waals surface area contributed by atoms with E-state index in [0.29, 0.717) is 11.3 Å². The first-order chi connectivity index (χ1) is 35.2. The Kier molecular flexibility index (Phi) is 11.2. The van der Waals surface area contributed by atoms with Crippen molar-refractivity contribution < 1.29 is 0 Å². The van der Waals surface area contributed by atoms with E-state index in [1.165, 1.54) is 124 Å². The average Bonchev–Trinajstić information content (AvgIpc) is 3.65. The second-order valence-corrected chi connectivity index (χ2v) is 23.8. The van der Waals surface area contributed by atoms with E-state index >= 15 is 0 Å². The van der Waals surface area contributed by atoms with Gasteiger partial charge in [0.1, 0.15) is 0 Å². The van der Waals surface area contributed by atoms with Gasteiger partial charge in [-0.2, -0.15) is 0 Å². The molecule has 6 aliphatic rings. The number of nitrogens with zero attached hydrogens (tertiary/aromatic N) is 2. The molecule has 14 rings (SSSR count). The molecule has 360 valence electrons. The van der Waals surface area contributed by atoms with Gasteiger partial charge in [0.15, 0.2) is 0 Å². The van der Waals surface area contributed by atoms with Crippen LogP contribution in [0.15, 0.2) is 200 Å². The van der Waals surface area contributed by atoms with Crippen molar-refractivity contribution in [3.63, 3.8) is 0 Å². The molecule has 0 N–H and O–H groups in total. The van der Waals surface area contributed by atoms with Crippen LogP contribution in [-0.2, 0) is 16.2 Å². The maximum Gasteiger partial charge on any atom is 0.0465 e. The molecule has 2 heteroatoms. The third-order valence-electron chi connectivity index (χ3n) is 19.0. The van der Waals surface area contributed by atoms with E-state index in [1.54, 1.807) is 5.56 Å². The number of hydrogen-bond acceptors (Lipinski definition) is 2. The van der Waals surface area contributed by atoms with Gasteiger partial charge in [0.2, 0.25) is 0 Å². The zero-order chi connectivity index (χ0) is 48.6. The SMILES string of the molecule is CC(C)C1CCC(c2ccc(N(c3ccccc3)c3ccc(C45CC6CC(CC(C6)C4)C5)cc3)cc2)(c2ccc(N(c3ccccc3)c3ccc4c(c3)C(C)(C)c3cccc(-c5ccccc5)c3-4)cc2)CC1. The van der Waals surface area contributed by atoms with Crippen molar-refractivity contribution >= 4 is 34.1 Å². The lowest BCUT2D eigenvalue weighted by Gasteiger charge is -2.57. The first-order valence-electron chi connectivity index (χ1n) is 27.5. The Morgan fingerprint density at radius 1 is 0.417 bits per heavy atom. The maximum atomic E-state index is 2.50. The van der Waals surface area contributed by atoms with E-state index in [0.717, 1.165) is 42.2 Å². The quantitative estimate of drug-likeness (QED) is 0.127. The molecule has 0 heterocycles. The standard InChI is InChI=1S/C70H70N2/c1-48(2)52-37-39-70(40-38-52,55-25-31-60(32-26-55)71(57-17-10-6-11-18-57)59-29-23-54(24-30-59)69-45-49-41-50(46-69)43-51(42-49)47-69)56-27-33-61(34-28-56)72(58-19-12-7-13-20-58)62-35-36-64-66(44-62)68(3,4)65-22-14-21-63(67(64)65)53-15-8-5-9-16-53/h5-36,44,48-52H,37-43,45-47H2,1-4H3. The van der Waals surface area contributed by atoms with Gasteiger partial charge in [0, 0.05) is 45.0 Å². The Morgan fingerprint density at radius 2 is 0.861 bits per heavy atom. The minimum atomic E-state index is -0.148. The Balaban J connectivity index is 0.844. The Labute approximate surface area is 429 Å². The lowest BCUT2D eigenvalue weighted by atomic mass is 9.48. The second-order valence-electron chi connectivity index (χ2n) is 23.8. The van der Waals surface area contributed by atoms with Gasteiger partial charge in [0.05, 0.1) is 0 Å². The molecule has 0 unspecified atom stereocenters. The van der Waals surface area contributed by atoms with Gasteiger partial charge in [-0.05, 0) is 222 Å². The third-order valence-corrected chi connectivity index (χ3v) is 19.0. The van der Waals surface area contributed by atoms with Crippen molar-refractivity contribution in [2.75, 3.05) is 9.80 Å². The van der Waals surface area contributed by atoms with Crippen LogP contribution in [0.1, 0.15) is 120 Å². The summed E-state index contributed by atoms with van der Waals surface area (Å²) < 4.78 is 0. The lowest BCUT2D eigenvalue weighted by molar-refractivity contribution is -0.00518. The Bertz CT molecular complexity index is 3160. The number of rotatable bonds is 11. The first-order valence-corrected chi connectivity index (χ1v) is 27.5. The van der Waals surface area contributed by atoms with E-state index < -0.39 is 0 Å². The molecule has 0 saturated heterocycles. The fraction of sp³-hybridized carbons (Fsp3) is 0.314. The minimum absolute atomic E-state index is 0.0725. The van der Waals surface area contributed by atoms with Crippen LogP contribution >= 0.6 is 0 Å². The summed E-state index contributed by atoms with van der Waals surface area (Å²) in [5.74, 6) is 4.27. The largest absolute Gasteiger partial charge is 0.311 e. The Hall–Kier alpha value is -6.64. The van der Waals surface area contributed by atoms with Gasteiger partial charge in [-0.25, -0.2) is 0 Å². The van der Waals surface area contributed by atoms with Crippen molar-refractivity contribution in [3.05, 3.63) is 228 Å². The van der Waals surface area contributed by atoms with Crippen molar-refractivity contribution in [2.45, 2.75) is 108 Å². The molecule has 4 bridgehead atoms. The molecule has 0 amide bonds. The fourth-order valence-corrected chi connectivity index (χ4v) is 15.7. The summed E-state index contributed by atoms with van der Waals surface area (Å²) in [4.78, 5) is 4.94.